The standard InChI is InChI=1S/C31H33N3O8/c1-5-42-30(37)21-7-9-22(10-8-21)32-28(35)19-25-29(36)34(23-11-13-24(39-2)14-12-23)31(38)33(25)17-16-20-6-15-26(40-3)27(18-20)41-4/h6-15,18,25H,5,16-17,19H2,1-4H3,(H,32,35)/t25-/m1/s1. The van der Waals surface area contributed by atoms with E-state index in [0.717, 1.165) is 10.5 Å². The fraction of sp³-hybridized carbons (Fsp3) is 0.290. The van der Waals surface area contributed by atoms with Crippen LogP contribution in [0.4, 0.5) is 16.2 Å². The molecule has 1 fully saturated rings. The van der Waals surface area contributed by atoms with E-state index in [2.05, 4.69) is 5.32 Å². The lowest BCUT2D eigenvalue weighted by Crippen LogP contribution is -2.39. The number of benzene rings is 3. The minimum atomic E-state index is -1.03. The van der Waals surface area contributed by atoms with Crippen LogP contribution in [0, 0.1) is 0 Å². The molecular weight excluding hydrogens is 542 g/mol. The lowest BCUT2D eigenvalue weighted by Gasteiger charge is -2.22. The summed E-state index contributed by atoms with van der Waals surface area (Å²) >= 11 is 0. The minimum absolute atomic E-state index is 0.179. The predicted molar refractivity (Wildman–Crippen MR) is 155 cm³/mol. The molecule has 0 aliphatic carbocycles. The van der Waals surface area contributed by atoms with Crippen molar-refractivity contribution in [2.75, 3.05) is 44.7 Å². The molecular formula is C31H33N3O8. The van der Waals surface area contributed by atoms with E-state index in [-0.39, 0.29) is 19.6 Å². The molecule has 3 aromatic carbocycles. The highest BCUT2D eigenvalue weighted by molar-refractivity contribution is 6.22. The number of nitrogens with one attached hydrogen (secondary N) is 1. The van der Waals surface area contributed by atoms with Crippen molar-refractivity contribution >= 4 is 35.2 Å². The second-order valence-electron chi connectivity index (χ2n) is 9.35. The molecule has 0 radical (unpaired) electrons. The Hall–Kier alpha value is -5.06. The van der Waals surface area contributed by atoms with Crippen molar-refractivity contribution in [1.82, 2.24) is 4.90 Å². The molecule has 1 aliphatic heterocycles. The van der Waals surface area contributed by atoms with Crippen molar-refractivity contribution in [2.45, 2.75) is 25.8 Å². The van der Waals surface area contributed by atoms with Crippen molar-refractivity contribution in [3.05, 3.63) is 77.9 Å². The van der Waals surface area contributed by atoms with E-state index in [0.29, 0.717) is 40.6 Å². The first-order valence-corrected chi connectivity index (χ1v) is 13.4. The largest absolute Gasteiger partial charge is 0.497 e. The number of esters is 1. The van der Waals surface area contributed by atoms with Crippen LogP contribution in [-0.4, -0.2) is 69.2 Å². The summed E-state index contributed by atoms with van der Waals surface area (Å²) in [5.41, 5.74) is 2.02. The van der Waals surface area contributed by atoms with Gasteiger partial charge in [0.05, 0.1) is 45.6 Å². The first-order chi connectivity index (χ1) is 20.3. The van der Waals surface area contributed by atoms with Crippen LogP contribution >= 0.6 is 0 Å². The Morgan fingerprint density at radius 3 is 2.17 bits per heavy atom. The number of amides is 4. The highest BCUT2D eigenvalue weighted by Crippen LogP contribution is 2.31. The summed E-state index contributed by atoms with van der Waals surface area (Å²) in [6.45, 7) is 2.15. The molecule has 0 bridgehead atoms. The van der Waals surface area contributed by atoms with Gasteiger partial charge in [-0.15, -0.1) is 0 Å². The summed E-state index contributed by atoms with van der Waals surface area (Å²) < 4.78 is 20.9. The van der Waals surface area contributed by atoms with Crippen LogP contribution in [0.1, 0.15) is 29.3 Å². The van der Waals surface area contributed by atoms with Gasteiger partial charge in [0, 0.05) is 12.2 Å². The Labute approximate surface area is 243 Å². The van der Waals surface area contributed by atoms with Gasteiger partial charge in [-0.1, -0.05) is 6.07 Å². The van der Waals surface area contributed by atoms with Gasteiger partial charge >= 0.3 is 12.0 Å². The zero-order valence-corrected chi connectivity index (χ0v) is 23.9. The lowest BCUT2D eigenvalue weighted by atomic mass is 10.1. The van der Waals surface area contributed by atoms with E-state index in [1.54, 1.807) is 68.6 Å². The number of methoxy groups -OCH3 is 3. The molecule has 3 aromatic rings. The van der Waals surface area contributed by atoms with E-state index >= 15 is 0 Å². The number of anilines is 2. The molecule has 0 aromatic heterocycles. The number of hydrogen-bond acceptors (Lipinski definition) is 8. The van der Waals surface area contributed by atoms with Gasteiger partial charge in [0.15, 0.2) is 11.5 Å². The van der Waals surface area contributed by atoms with Gasteiger partial charge in [0.1, 0.15) is 11.8 Å². The first-order valence-electron chi connectivity index (χ1n) is 13.4. The van der Waals surface area contributed by atoms with Crippen molar-refractivity contribution < 1.29 is 38.1 Å². The third-order valence-corrected chi connectivity index (χ3v) is 6.80. The van der Waals surface area contributed by atoms with Gasteiger partial charge < -0.3 is 29.2 Å². The van der Waals surface area contributed by atoms with Gasteiger partial charge in [-0.2, -0.15) is 0 Å². The normalized spacial score (nSPS) is 14.5. The summed E-state index contributed by atoms with van der Waals surface area (Å²) in [5.74, 6) is 0.262. The monoisotopic (exact) mass is 575 g/mol. The second-order valence-corrected chi connectivity index (χ2v) is 9.35. The second kappa shape index (κ2) is 13.5. The number of carbonyl (C=O) groups excluding carboxylic acids is 4. The molecule has 220 valence electrons. The molecule has 1 atom stereocenters. The number of imide groups is 1. The van der Waals surface area contributed by atoms with Crippen molar-refractivity contribution in [3.8, 4) is 17.2 Å². The topological polar surface area (TPSA) is 124 Å². The quantitative estimate of drug-likeness (QED) is 0.251. The fourth-order valence-electron chi connectivity index (χ4n) is 4.63. The number of carbonyl (C=O) groups is 4. The van der Waals surface area contributed by atoms with Crippen LogP contribution < -0.4 is 24.4 Å². The Morgan fingerprint density at radius 1 is 0.857 bits per heavy atom. The maximum Gasteiger partial charge on any atom is 0.338 e. The van der Waals surface area contributed by atoms with Crippen LogP contribution in [-0.2, 0) is 20.7 Å². The Bertz CT molecular complexity index is 1440. The number of rotatable bonds is 12. The van der Waals surface area contributed by atoms with Gasteiger partial charge in [-0.05, 0) is 79.6 Å². The summed E-state index contributed by atoms with van der Waals surface area (Å²) in [7, 11) is 4.61. The maximum absolute atomic E-state index is 13.6. The molecule has 11 nitrogen and oxygen atoms in total. The molecule has 42 heavy (non-hydrogen) atoms. The van der Waals surface area contributed by atoms with Gasteiger partial charge in [-0.3, -0.25) is 9.59 Å². The summed E-state index contributed by atoms with van der Waals surface area (Å²) in [4.78, 5) is 54.7. The lowest BCUT2D eigenvalue weighted by molar-refractivity contribution is -0.124. The van der Waals surface area contributed by atoms with Crippen LogP contribution in [0.3, 0.4) is 0 Å². The van der Waals surface area contributed by atoms with Crippen molar-refractivity contribution in [2.24, 2.45) is 0 Å². The van der Waals surface area contributed by atoms with E-state index in [1.807, 2.05) is 12.1 Å². The Morgan fingerprint density at radius 2 is 1.55 bits per heavy atom. The third kappa shape index (κ3) is 6.63. The summed E-state index contributed by atoms with van der Waals surface area (Å²) in [5, 5.41) is 2.75. The van der Waals surface area contributed by atoms with Crippen molar-refractivity contribution in [1.29, 1.82) is 0 Å². The fourth-order valence-corrected chi connectivity index (χ4v) is 4.63. The number of nitrogens with zero attached hydrogens (tertiary/aromatic N) is 2. The van der Waals surface area contributed by atoms with Crippen molar-refractivity contribution in [3.63, 3.8) is 0 Å². The third-order valence-electron chi connectivity index (χ3n) is 6.80. The number of urea groups is 1. The molecule has 0 unspecified atom stereocenters. The van der Waals surface area contributed by atoms with Gasteiger partial charge in [0.2, 0.25) is 5.91 Å². The van der Waals surface area contributed by atoms with E-state index in [1.165, 1.54) is 19.1 Å². The van der Waals surface area contributed by atoms with Crippen LogP contribution in [0.2, 0.25) is 0 Å². The van der Waals surface area contributed by atoms with Gasteiger partial charge in [-0.25, -0.2) is 14.5 Å². The Balaban J connectivity index is 1.53. The van der Waals surface area contributed by atoms with Gasteiger partial charge in [0.25, 0.3) is 5.91 Å². The average molecular weight is 576 g/mol. The smallest absolute Gasteiger partial charge is 0.338 e. The van der Waals surface area contributed by atoms with E-state index in [4.69, 9.17) is 18.9 Å². The molecule has 4 amide bonds. The minimum Gasteiger partial charge on any atom is -0.497 e. The molecule has 1 heterocycles. The molecule has 1 aliphatic rings. The van der Waals surface area contributed by atoms with Crippen LogP contribution in [0.25, 0.3) is 0 Å². The zero-order valence-electron chi connectivity index (χ0n) is 23.9. The van der Waals surface area contributed by atoms with Crippen LogP contribution in [0.5, 0.6) is 17.2 Å². The molecule has 0 saturated carbocycles. The first kappa shape index (κ1) is 29.9. The highest BCUT2D eigenvalue weighted by atomic mass is 16.5. The SMILES string of the molecule is CCOC(=O)c1ccc(NC(=O)C[C@@H]2C(=O)N(c3ccc(OC)cc3)C(=O)N2CCc2ccc(OC)c(OC)c2)cc1. The van der Waals surface area contributed by atoms with E-state index in [9.17, 15) is 19.2 Å². The molecule has 11 heteroatoms. The Kier molecular flexibility index (Phi) is 9.64. The zero-order chi connectivity index (χ0) is 30.2. The molecule has 0 spiro atoms. The summed E-state index contributed by atoms with van der Waals surface area (Å²) in [6.07, 6.45) is 0.145. The average Bonchev–Trinajstić information content (AvgIpc) is 3.23. The maximum atomic E-state index is 13.6. The van der Waals surface area contributed by atoms with E-state index < -0.39 is 29.9 Å². The molecule has 1 N–H and O–H groups in total. The highest BCUT2D eigenvalue weighted by Gasteiger charge is 2.46. The van der Waals surface area contributed by atoms with Crippen LogP contribution in [0.15, 0.2) is 66.7 Å². The molecule has 4 rings (SSSR count). The predicted octanol–water partition coefficient (Wildman–Crippen LogP) is 4.30. The number of hydrogen-bond donors (Lipinski definition) is 1. The number of ether oxygens (including phenoxy) is 4. The molecule has 1 saturated heterocycles. The summed E-state index contributed by atoms with van der Waals surface area (Å²) in [6, 6.07) is 16.7.